The van der Waals surface area contributed by atoms with Crippen molar-refractivity contribution >= 4 is 46.5 Å². The molecule has 0 saturated carbocycles. The first kappa shape index (κ1) is 36.4. The van der Waals surface area contributed by atoms with E-state index in [-0.39, 0.29) is 40.2 Å². The first-order valence-electron chi connectivity index (χ1n) is 14.8. The Kier molecular flexibility index (Phi) is 12.5. The molecule has 0 bridgehead atoms. The van der Waals surface area contributed by atoms with Crippen LogP contribution >= 0.6 is 23.2 Å². The van der Waals surface area contributed by atoms with Crippen LogP contribution in [0.15, 0.2) is 29.3 Å². The predicted molar refractivity (Wildman–Crippen MR) is 180 cm³/mol. The van der Waals surface area contributed by atoms with Gasteiger partial charge in [-0.3, -0.25) is 10.3 Å². The quantitative estimate of drug-likeness (QED) is 0.201. The standard InChI is InChI=1S/C33H49Cl2N5O3/c1-13-25(27-15-14-26(21(6)38-27)37-20(4)5)39-30(36)22-16-23(34)29(24(35)17-22)42-18-28(19(2)3)40(32(7,8)9)31(41)43-33(10,11)12/h14-17,19-20,28,36-37H,13,18H2,1-12H3/t28-/m0/s1. The van der Waals surface area contributed by atoms with Crippen LogP contribution in [0.3, 0.4) is 0 Å². The molecule has 0 unspecified atom stereocenters. The summed E-state index contributed by atoms with van der Waals surface area (Å²) in [5, 5.41) is 12.6. The van der Waals surface area contributed by atoms with E-state index in [0.717, 1.165) is 11.4 Å². The van der Waals surface area contributed by atoms with Crippen molar-refractivity contribution in [1.29, 1.82) is 5.41 Å². The zero-order chi connectivity index (χ0) is 32.9. The van der Waals surface area contributed by atoms with Crippen molar-refractivity contribution in [1.82, 2.24) is 9.88 Å². The molecule has 0 aliphatic heterocycles. The van der Waals surface area contributed by atoms with Crippen LogP contribution in [0.2, 0.25) is 10.0 Å². The fraction of sp³-hybridized carbons (Fsp3) is 0.576. The Labute approximate surface area is 268 Å². The minimum atomic E-state index is -0.640. The van der Waals surface area contributed by atoms with Gasteiger partial charge in [0.15, 0.2) is 11.6 Å². The van der Waals surface area contributed by atoms with E-state index < -0.39 is 17.2 Å². The molecule has 0 radical (unpaired) electrons. The number of pyridine rings is 1. The SMILES string of the molecule is CCC(=NC(=N)c1cc(Cl)c(OC[C@@H](C(C)C)N(C(=O)OC(C)(C)C)C(C)(C)C)c(Cl)c1)c1ccc(NC(C)C)c(C)n1. The normalized spacial score (nSPS) is 13.3. The van der Waals surface area contributed by atoms with Gasteiger partial charge in [0.25, 0.3) is 0 Å². The average molecular weight is 635 g/mol. The number of ether oxygens (including phenoxy) is 2. The fourth-order valence-corrected chi connectivity index (χ4v) is 5.08. The van der Waals surface area contributed by atoms with Gasteiger partial charge in [-0.05, 0) is 98.9 Å². The Bertz CT molecular complexity index is 1300. The molecule has 0 saturated heterocycles. The Hall–Kier alpha value is -2.84. The summed E-state index contributed by atoms with van der Waals surface area (Å²) in [4.78, 5) is 24.3. The second-order valence-corrected chi connectivity index (χ2v) is 14.1. The number of rotatable bonds is 10. The Morgan fingerprint density at radius 1 is 1.07 bits per heavy atom. The molecule has 10 heteroatoms. The summed E-state index contributed by atoms with van der Waals surface area (Å²) >= 11 is 13.3. The van der Waals surface area contributed by atoms with Gasteiger partial charge in [-0.25, -0.2) is 14.8 Å². The Morgan fingerprint density at radius 3 is 2.09 bits per heavy atom. The highest BCUT2D eigenvalue weighted by atomic mass is 35.5. The van der Waals surface area contributed by atoms with Gasteiger partial charge in [0, 0.05) is 17.1 Å². The van der Waals surface area contributed by atoms with E-state index in [1.807, 2.05) is 81.4 Å². The number of nitrogens with one attached hydrogen (secondary N) is 2. The molecule has 238 valence electrons. The summed E-state index contributed by atoms with van der Waals surface area (Å²) in [7, 11) is 0. The Balaban J connectivity index is 2.33. The molecule has 1 atom stereocenters. The summed E-state index contributed by atoms with van der Waals surface area (Å²) in [6.45, 7) is 23.7. The van der Waals surface area contributed by atoms with Crippen LogP contribution in [-0.2, 0) is 4.74 Å². The molecular formula is C33H49Cl2N5O3. The second kappa shape index (κ2) is 14.8. The first-order valence-corrected chi connectivity index (χ1v) is 15.6. The lowest BCUT2D eigenvalue weighted by Gasteiger charge is -2.43. The van der Waals surface area contributed by atoms with Crippen LogP contribution in [0.5, 0.6) is 5.75 Å². The third-order valence-corrected chi connectivity index (χ3v) is 7.05. The molecular weight excluding hydrogens is 585 g/mol. The van der Waals surface area contributed by atoms with Gasteiger partial charge >= 0.3 is 6.09 Å². The minimum Gasteiger partial charge on any atom is -0.488 e. The van der Waals surface area contributed by atoms with E-state index in [4.69, 9.17) is 43.1 Å². The van der Waals surface area contributed by atoms with Crippen LogP contribution in [0.1, 0.15) is 99.5 Å². The maximum absolute atomic E-state index is 13.3. The van der Waals surface area contributed by atoms with Crippen LogP contribution < -0.4 is 10.1 Å². The number of amidine groups is 1. The lowest BCUT2D eigenvalue weighted by atomic mass is 9.97. The number of anilines is 1. The van der Waals surface area contributed by atoms with Crippen LogP contribution in [0.4, 0.5) is 10.5 Å². The van der Waals surface area contributed by atoms with Gasteiger partial charge in [0.1, 0.15) is 12.2 Å². The minimum absolute atomic E-state index is 0.0138. The zero-order valence-corrected chi connectivity index (χ0v) is 29.3. The number of nitrogens with zero attached hydrogens (tertiary/aromatic N) is 3. The predicted octanol–water partition coefficient (Wildman–Crippen LogP) is 9.18. The summed E-state index contributed by atoms with van der Waals surface area (Å²) in [6.07, 6.45) is 0.177. The number of aromatic nitrogens is 1. The van der Waals surface area contributed by atoms with E-state index in [1.54, 1.807) is 17.0 Å². The lowest BCUT2D eigenvalue weighted by Crippen LogP contribution is -2.56. The highest BCUT2D eigenvalue weighted by molar-refractivity contribution is 6.37. The number of benzene rings is 1. The molecule has 1 aromatic carbocycles. The number of hydrogen-bond acceptors (Lipinski definition) is 6. The molecule has 0 spiro atoms. The summed E-state index contributed by atoms with van der Waals surface area (Å²) < 4.78 is 11.9. The molecule has 1 aromatic heterocycles. The fourth-order valence-electron chi connectivity index (χ4n) is 4.49. The number of aliphatic imine (C=N–C) groups is 1. The molecule has 0 aliphatic rings. The number of carbonyl (C=O) groups excluding carboxylic acids is 1. The van der Waals surface area contributed by atoms with E-state index >= 15 is 0 Å². The summed E-state index contributed by atoms with van der Waals surface area (Å²) in [6, 6.07) is 7.11. The molecule has 2 rings (SSSR count). The lowest BCUT2D eigenvalue weighted by molar-refractivity contribution is -0.0228. The topological polar surface area (TPSA) is 99.9 Å². The van der Waals surface area contributed by atoms with Gasteiger partial charge in [0.2, 0.25) is 0 Å². The number of carbonyl (C=O) groups is 1. The molecule has 8 nitrogen and oxygen atoms in total. The summed E-state index contributed by atoms with van der Waals surface area (Å²) in [5.74, 6) is 0.347. The maximum Gasteiger partial charge on any atom is 0.411 e. The number of aryl methyl sites for hydroxylation is 1. The van der Waals surface area contributed by atoms with Crippen molar-refractivity contribution in [2.75, 3.05) is 11.9 Å². The van der Waals surface area contributed by atoms with Crippen LogP contribution in [0, 0.1) is 18.3 Å². The van der Waals surface area contributed by atoms with Crippen molar-refractivity contribution in [2.24, 2.45) is 10.9 Å². The third-order valence-electron chi connectivity index (χ3n) is 6.49. The maximum atomic E-state index is 13.3. The van der Waals surface area contributed by atoms with Crippen molar-refractivity contribution in [3.8, 4) is 5.75 Å². The summed E-state index contributed by atoms with van der Waals surface area (Å²) in [5.41, 5.74) is 2.51. The van der Waals surface area contributed by atoms with E-state index in [0.29, 0.717) is 29.4 Å². The van der Waals surface area contributed by atoms with Gasteiger partial charge in [-0.2, -0.15) is 0 Å². The molecule has 0 aliphatic carbocycles. The van der Waals surface area contributed by atoms with Gasteiger partial charge < -0.3 is 14.8 Å². The highest BCUT2D eigenvalue weighted by Crippen LogP contribution is 2.36. The molecule has 1 heterocycles. The van der Waals surface area contributed by atoms with Crippen molar-refractivity contribution in [3.63, 3.8) is 0 Å². The molecule has 2 N–H and O–H groups in total. The first-order chi connectivity index (χ1) is 19.7. The van der Waals surface area contributed by atoms with E-state index in [2.05, 4.69) is 24.2 Å². The number of hydrogen-bond donors (Lipinski definition) is 2. The van der Waals surface area contributed by atoms with Crippen molar-refractivity contribution in [2.45, 2.75) is 113 Å². The molecule has 2 aromatic rings. The second-order valence-electron chi connectivity index (χ2n) is 13.3. The number of halogens is 2. The molecule has 43 heavy (non-hydrogen) atoms. The zero-order valence-electron chi connectivity index (χ0n) is 27.8. The van der Waals surface area contributed by atoms with Gasteiger partial charge in [-0.15, -0.1) is 0 Å². The average Bonchev–Trinajstić information content (AvgIpc) is 2.84. The smallest absolute Gasteiger partial charge is 0.411 e. The van der Waals surface area contributed by atoms with Gasteiger partial charge in [-0.1, -0.05) is 44.0 Å². The van der Waals surface area contributed by atoms with E-state index in [1.165, 1.54) is 0 Å². The van der Waals surface area contributed by atoms with Gasteiger partial charge in [0.05, 0.1) is 38.9 Å². The number of amides is 1. The van der Waals surface area contributed by atoms with Crippen LogP contribution in [0.25, 0.3) is 0 Å². The Morgan fingerprint density at radius 2 is 1.65 bits per heavy atom. The highest BCUT2D eigenvalue weighted by Gasteiger charge is 2.38. The van der Waals surface area contributed by atoms with E-state index in [9.17, 15) is 4.79 Å². The van der Waals surface area contributed by atoms with Crippen LogP contribution in [-0.4, -0.2) is 57.4 Å². The van der Waals surface area contributed by atoms with Crippen molar-refractivity contribution in [3.05, 3.63) is 51.3 Å². The van der Waals surface area contributed by atoms with Crippen molar-refractivity contribution < 1.29 is 14.3 Å². The largest absolute Gasteiger partial charge is 0.488 e. The monoisotopic (exact) mass is 633 g/mol. The third kappa shape index (κ3) is 10.4. The molecule has 1 amide bonds. The molecule has 0 fully saturated rings.